The molecule has 7 heteroatoms. The van der Waals surface area contributed by atoms with E-state index in [1.54, 1.807) is 50.4 Å². The average Bonchev–Trinajstić information content (AvgIpc) is 2.47. The fraction of sp³-hybridized carbons (Fsp3) is 0.250. The van der Waals surface area contributed by atoms with Gasteiger partial charge in [-0.1, -0.05) is 6.07 Å². The summed E-state index contributed by atoms with van der Waals surface area (Å²) < 4.78 is 27.7. The maximum atomic E-state index is 12.5. The molecule has 0 aliphatic rings. The molecule has 2 rings (SSSR count). The molecule has 0 atom stereocenters. The molecule has 1 heterocycles. The number of carbonyl (C=O) groups excluding carboxylic acids is 1. The molecular weight excluding hydrogens is 314 g/mol. The van der Waals surface area contributed by atoms with Crippen LogP contribution in [0.2, 0.25) is 0 Å². The van der Waals surface area contributed by atoms with Crippen molar-refractivity contribution in [3.8, 4) is 0 Å². The zero-order valence-corrected chi connectivity index (χ0v) is 14.0. The molecule has 0 saturated heterocycles. The van der Waals surface area contributed by atoms with Crippen molar-refractivity contribution in [3.05, 3.63) is 54.4 Å². The lowest BCUT2D eigenvalue weighted by Gasteiger charge is -2.25. The molecule has 0 spiro atoms. The Morgan fingerprint density at radius 2 is 1.74 bits per heavy atom. The zero-order chi connectivity index (χ0) is 17.1. The smallest absolute Gasteiger partial charge is 0.241 e. The van der Waals surface area contributed by atoms with Crippen molar-refractivity contribution in [2.24, 2.45) is 0 Å². The van der Waals surface area contributed by atoms with Crippen molar-refractivity contribution in [2.45, 2.75) is 31.2 Å². The highest BCUT2D eigenvalue weighted by atomic mass is 32.2. The van der Waals surface area contributed by atoms with Crippen LogP contribution in [0.25, 0.3) is 0 Å². The summed E-state index contributed by atoms with van der Waals surface area (Å²) in [5, 5.41) is 2.59. The minimum atomic E-state index is -3.71. The first-order chi connectivity index (χ1) is 10.7. The van der Waals surface area contributed by atoms with Gasteiger partial charge in [0.1, 0.15) is 0 Å². The van der Waals surface area contributed by atoms with E-state index in [0.29, 0.717) is 11.4 Å². The van der Waals surface area contributed by atoms with Crippen LogP contribution in [0.15, 0.2) is 53.6 Å². The van der Waals surface area contributed by atoms with Crippen LogP contribution < -0.4 is 10.0 Å². The average molecular weight is 333 g/mol. The first-order valence-electron chi connectivity index (χ1n) is 7.04. The van der Waals surface area contributed by atoms with Crippen molar-refractivity contribution < 1.29 is 13.2 Å². The molecule has 0 saturated carbocycles. The minimum absolute atomic E-state index is 0.121. The second-order valence-electron chi connectivity index (χ2n) is 5.65. The lowest BCUT2D eigenvalue weighted by Crippen LogP contribution is -2.41. The summed E-state index contributed by atoms with van der Waals surface area (Å²) in [4.78, 5) is 15.3. The lowest BCUT2D eigenvalue weighted by molar-refractivity contribution is -0.114. The second kappa shape index (κ2) is 6.47. The fourth-order valence-corrected chi connectivity index (χ4v) is 3.49. The first kappa shape index (κ1) is 17.1. The number of sulfonamides is 1. The Kier molecular flexibility index (Phi) is 4.82. The number of aromatic nitrogens is 1. The van der Waals surface area contributed by atoms with Crippen LogP contribution in [-0.4, -0.2) is 19.3 Å². The number of nitrogens with one attached hydrogen (secondary N) is 2. The van der Waals surface area contributed by atoms with Crippen molar-refractivity contribution in [1.82, 2.24) is 9.71 Å². The standard InChI is InChI=1S/C16H19N3O3S/c1-12(20)18-13-7-9-14(10-8-13)23(21,22)19-16(2,3)15-6-4-5-11-17-15/h4-11,19H,1-3H3,(H,18,20). The van der Waals surface area contributed by atoms with E-state index < -0.39 is 15.6 Å². The van der Waals surface area contributed by atoms with E-state index in [1.165, 1.54) is 19.1 Å². The Balaban J connectivity index is 2.23. The van der Waals surface area contributed by atoms with E-state index in [0.717, 1.165) is 0 Å². The van der Waals surface area contributed by atoms with Gasteiger partial charge in [0.2, 0.25) is 15.9 Å². The molecule has 23 heavy (non-hydrogen) atoms. The van der Waals surface area contributed by atoms with E-state index >= 15 is 0 Å². The highest BCUT2D eigenvalue weighted by molar-refractivity contribution is 7.89. The van der Waals surface area contributed by atoms with Gasteiger partial charge in [0.15, 0.2) is 0 Å². The van der Waals surface area contributed by atoms with Gasteiger partial charge in [-0.3, -0.25) is 9.78 Å². The van der Waals surface area contributed by atoms with Gasteiger partial charge in [0, 0.05) is 18.8 Å². The van der Waals surface area contributed by atoms with Crippen LogP contribution >= 0.6 is 0 Å². The topological polar surface area (TPSA) is 88.2 Å². The number of hydrogen-bond acceptors (Lipinski definition) is 4. The van der Waals surface area contributed by atoms with E-state index in [4.69, 9.17) is 0 Å². The molecule has 0 aliphatic heterocycles. The molecule has 2 N–H and O–H groups in total. The third-order valence-electron chi connectivity index (χ3n) is 3.18. The van der Waals surface area contributed by atoms with Gasteiger partial charge in [-0.2, -0.15) is 4.72 Å². The van der Waals surface area contributed by atoms with Crippen LogP contribution in [0.4, 0.5) is 5.69 Å². The maximum absolute atomic E-state index is 12.5. The van der Waals surface area contributed by atoms with E-state index in [1.807, 2.05) is 0 Å². The summed E-state index contributed by atoms with van der Waals surface area (Å²) in [6, 6.07) is 11.3. The van der Waals surface area contributed by atoms with Gasteiger partial charge in [-0.15, -0.1) is 0 Å². The molecule has 0 radical (unpaired) electrons. The Hall–Kier alpha value is -2.25. The van der Waals surface area contributed by atoms with Gasteiger partial charge < -0.3 is 5.32 Å². The molecule has 0 aliphatic carbocycles. The van der Waals surface area contributed by atoms with Crippen molar-refractivity contribution in [3.63, 3.8) is 0 Å². The molecule has 1 aromatic carbocycles. The predicted octanol–water partition coefficient (Wildman–Crippen LogP) is 2.25. The number of carbonyl (C=O) groups is 1. The highest BCUT2D eigenvalue weighted by Crippen LogP contribution is 2.22. The summed E-state index contributed by atoms with van der Waals surface area (Å²) in [5.74, 6) is -0.213. The van der Waals surface area contributed by atoms with Crippen LogP contribution in [0.3, 0.4) is 0 Å². The van der Waals surface area contributed by atoms with E-state index in [9.17, 15) is 13.2 Å². The third kappa shape index (κ3) is 4.37. The molecule has 1 amide bonds. The van der Waals surface area contributed by atoms with Gasteiger partial charge in [-0.05, 0) is 50.2 Å². The number of amides is 1. The van der Waals surface area contributed by atoms with Gasteiger partial charge >= 0.3 is 0 Å². The molecule has 1 aromatic heterocycles. The fourth-order valence-electron chi connectivity index (χ4n) is 2.10. The summed E-state index contributed by atoms with van der Waals surface area (Å²) in [5.41, 5.74) is 0.315. The SMILES string of the molecule is CC(=O)Nc1ccc(S(=O)(=O)NC(C)(C)c2ccccn2)cc1. The number of pyridine rings is 1. The van der Waals surface area contributed by atoms with Crippen LogP contribution in [0.5, 0.6) is 0 Å². The highest BCUT2D eigenvalue weighted by Gasteiger charge is 2.28. The van der Waals surface area contributed by atoms with Gasteiger partial charge in [0.05, 0.1) is 16.1 Å². The number of anilines is 1. The normalized spacial score (nSPS) is 12.0. The molecule has 0 bridgehead atoms. The van der Waals surface area contributed by atoms with E-state index in [-0.39, 0.29) is 10.8 Å². The predicted molar refractivity (Wildman–Crippen MR) is 88.3 cm³/mol. The maximum Gasteiger partial charge on any atom is 0.241 e. The Bertz CT molecular complexity index is 785. The molecule has 122 valence electrons. The number of benzene rings is 1. The number of rotatable bonds is 5. The minimum Gasteiger partial charge on any atom is -0.326 e. The van der Waals surface area contributed by atoms with Crippen LogP contribution in [-0.2, 0) is 20.4 Å². The molecule has 0 fully saturated rings. The lowest BCUT2D eigenvalue weighted by atomic mass is 10.0. The first-order valence-corrected chi connectivity index (χ1v) is 8.52. The Morgan fingerprint density at radius 3 is 2.26 bits per heavy atom. The number of hydrogen-bond donors (Lipinski definition) is 2. The summed E-state index contributed by atoms with van der Waals surface area (Å²) in [7, 11) is -3.71. The Labute approximate surface area is 136 Å². The summed E-state index contributed by atoms with van der Waals surface area (Å²) >= 11 is 0. The Morgan fingerprint density at radius 1 is 1.09 bits per heavy atom. The van der Waals surface area contributed by atoms with E-state index in [2.05, 4.69) is 15.0 Å². The van der Waals surface area contributed by atoms with Crippen molar-refractivity contribution in [1.29, 1.82) is 0 Å². The van der Waals surface area contributed by atoms with Crippen molar-refractivity contribution in [2.75, 3.05) is 5.32 Å². The summed E-state index contributed by atoms with van der Waals surface area (Å²) in [6.07, 6.45) is 1.62. The molecule has 2 aromatic rings. The van der Waals surface area contributed by atoms with Crippen molar-refractivity contribution >= 4 is 21.6 Å². The monoisotopic (exact) mass is 333 g/mol. The number of nitrogens with zero attached hydrogens (tertiary/aromatic N) is 1. The quantitative estimate of drug-likeness (QED) is 0.878. The zero-order valence-electron chi connectivity index (χ0n) is 13.2. The second-order valence-corrected chi connectivity index (χ2v) is 7.33. The molecular formula is C16H19N3O3S. The van der Waals surface area contributed by atoms with Crippen LogP contribution in [0, 0.1) is 0 Å². The largest absolute Gasteiger partial charge is 0.326 e. The summed E-state index contributed by atoms with van der Waals surface area (Å²) in [6.45, 7) is 4.89. The molecule has 0 unspecified atom stereocenters. The van der Waals surface area contributed by atoms with Crippen LogP contribution in [0.1, 0.15) is 26.5 Å². The van der Waals surface area contributed by atoms with Gasteiger partial charge in [-0.25, -0.2) is 8.42 Å². The van der Waals surface area contributed by atoms with Gasteiger partial charge in [0.25, 0.3) is 0 Å². The molecule has 6 nitrogen and oxygen atoms in total. The third-order valence-corrected chi connectivity index (χ3v) is 4.85.